The van der Waals surface area contributed by atoms with Gasteiger partial charge in [0.2, 0.25) is 0 Å². The van der Waals surface area contributed by atoms with Gasteiger partial charge in [0.05, 0.1) is 24.9 Å². The highest BCUT2D eigenvalue weighted by molar-refractivity contribution is 5.61. The smallest absolute Gasteiger partial charge is 0.348 e. The Morgan fingerprint density at radius 2 is 1.71 bits per heavy atom. The van der Waals surface area contributed by atoms with E-state index in [1.165, 1.54) is 0 Å². The molecule has 0 saturated carbocycles. The molecule has 134 valence electrons. The Kier molecular flexibility index (Phi) is 5.92. The largest absolute Gasteiger partial charge is 0.412 e. The Labute approximate surface area is 135 Å². The van der Waals surface area contributed by atoms with Crippen molar-refractivity contribution in [2.45, 2.75) is 32.2 Å². The summed E-state index contributed by atoms with van der Waals surface area (Å²) in [5.74, 6) is -4.76. The van der Waals surface area contributed by atoms with Gasteiger partial charge in [-0.05, 0) is 18.6 Å². The summed E-state index contributed by atoms with van der Waals surface area (Å²) in [6.07, 6.45) is -5.04. The van der Waals surface area contributed by atoms with Crippen molar-refractivity contribution in [3.05, 3.63) is 41.0 Å². The first-order chi connectivity index (χ1) is 11.2. The highest BCUT2D eigenvalue weighted by Crippen LogP contribution is 2.33. The van der Waals surface area contributed by atoms with Crippen LogP contribution in [0.3, 0.4) is 0 Å². The molecule has 1 heterocycles. The van der Waals surface area contributed by atoms with E-state index < -0.39 is 41.6 Å². The first-order valence-electron chi connectivity index (χ1n) is 7.39. The number of hydrogen-bond donors (Lipinski definition) is 0. The van der Waals surface area contributed by atoms with Crippen LogP contribution in [0, 0.1) is 17.6 Å². The van der Waals surface area contributed by atoms with Gasteiger partial charge in [-0.25, -0.2) is 13.2 Å². The van der Waals surface area contributed by atoms with Crippen LogP contribution >= 0.6 is 0 Å². The fourth-order valence-electron chi connectivity index (χ4n) is 2.48. The lowest BCUT2D eigenvalue weighted by molar-refractivity contribution is -0.206. The summed E-state index contributed by atoms with van der Waals surface area (Å²) in [5, 5.41) is 0. The zero-order valence-electron chi connectivity index (χ0n) is 12.8. The zero-order valence-corrected chi connectivity index (χ0v) is 12.8. The number of ether oxygens (including phenoxy) is 2. The molecule has 1 aromatic rings. The molecule has 1 aliphatic rings. The third-order valence-corrected chi connectivity index (χ3v) is 3.53. The van der Waals surface area contributed by atoms with Crippen molar-refractivity contribution in [2.24, 2.45) is 5.92 Å². The van der Waals surface area contributed by atoms with E-state index >= 15 is 0 Å². The van der Waals surface area contributed by atoms with Crippen molar-refractivity contribution < 1.29 is 35.8 Å². The fourth-order valence-corrected chi connectivity index (χ4v) is 2.48. The number of hydrogen-bond acceptors (Lipinski definition) is 2. The van der Waals surface area contributed by atoms with Crippen molar-refractivity contribution in [3.8, 4) is 0 Å². The lowest BCUT2D eigenvalue weighted by atomic mass is 10.0. The minimum atomic E-state index is -5.02. The van der Waals surface area contributed by atoms with Crippen molar-refractivity contribution >= 4 is 5.83 Å². The summed E-state index contributed by atoms with van der Waals surface area (Å²) in [4.78, 5) is 0. The first kappa shape index (κ1) is 18.8. The van der Waals surface area contributed by atoms with Gasteiger partial charge in [-0.3, -0.25) is 0 Å². The van der Waals surface area contributed by atoms with Crippen LogP contribution in [0.25, 0.3) is 5.83 Å². The van der Waals surface area contributed by atoms with E-state index in [9.17, 15) is 26.3 Å². The maximum absolute atomic E-state index is 13.9. The first-order valence-corrected chi connectivity index (χ1v) is 7.39. The topological polar surface area (TPSA) is 18.5 Å². The van der Waals surface area contributed by atoms with Gasteiger partial charge < -0.3 is 9.47 Å². The van der Waals surface area contributed by atoms with Gasteiger partial charge >= 0.3 is 6.18 Å². The van der Waals surface area contributed by atoms with Crippen LogP contribution in [0.15, 0.2) is 18.2 Å². The molecule has 2 nitrogen and oxygen atoms in total. The Morgan fingerprint density at radius 1 is 1.17 bits per heavy atom. The fraction of sp³-hybridized carbons (Fsp3) is 0.500. The van der Waals surface area contributed by atoms with Gasteiger partial charge in [0, 0.05) is 11.5 Å². The molecule has 8 heteroatoms. The predicted octanol–water partition coefficient (Wildman–Crippen LogP) is 5.30. The molecule has 1 aliphatic heterocycles. The van der Waals surface area contributed by atoms with Crippen LogP contribution in [0.2, 0.25) is 0 Å². The quantitative estimate of drug-likeness (QED) is 0.683. The normalized spacial score (nSPS) is 22.7. The van der Waals surface area contributed by atoms with Gasteiger partial charge in [-0.15, -0.1) is 0 Å². The molecule has 2 rings (SSSR count). The Morgan fingerprint density at radius 3 is 2.17 bits per heavy atom. The molecule has 0 aromatic heterocycles. The molecular formula is C16H16F6O2. The van der Waals surface area contributed by atoms with E-state index in [4.69, 9.17) is 9.47 Å². The molecule has 0 bridgehead atoms. The average molecular weight is 354 g/mol. The van der Waals surface area contributed by atoms with Gasteiger partial charge in [0.1, 0.15) is 17.5 Å². The number of benzene rings is 1. The lowest BCUT2D eigenvalue weighted by Gasteiger charge is -2.29. The van der Waals surface area contributed by atoms with E-state index in [0.29, 0.717) is 25.3 Å². The molecule has 0 radical (unpaired) electrons. The Bertz CT molecular complexity index is 580. The minimum absolute atomic E-state index is 0.0523. The molecule has 1 aromatic carbocycles. The number of halogens is 6. The molecule has 0 atom stereocenters. The monoisotopic (exact) mass is 354 g/mol. The molecule has 0 spiro atoms. The molecule has 0 unspecified atom stereocenters. The van der Waals surface area contributed by atoms with Gasteiger partial charge in [0.25, 0.3) is 0 Å². The molecular weight excluding hydrogens is 338 g/mol. The van der Waals surface area contributed by atoms with E-state index in [1.54, 1.807) is 0 Å². The number of alkyl halides is 3. The van der Waals surface area contributed by atoms with Gasteiger partial charge in [0.15, 0.2) is 6.29 Å². The number of rotatable bonds is 4. The van der Waals surface area contributed by atoms with Crippen LogP contribution in [-0.4, -0.2) is 19.4 Å². The summed E-state index contributed by atoms with van der Waals surface area (Å²) in [7, 11) is 0. The van der Waals surface area contributed by atoms with Crippen LogP contribution in [0.1, 0.15) is 37.2 Å². The van der Waals surface area contributed by atoms with Crippen LogP contribution in [-0.2, 0) is 9.47 Å². The van der Waals surface area contributed by atoms with Crippen molar-refractivity contribution in [1.82, 2.24) is 0 Å². The maximum Gasteiger partial charge on any atom is 0.412 e. The maximum atomic E-state index is 13.9. The van der Waals surface area contributed by atoms with Crippen molar-refractivity contribution in [2.75, 3.05) is 13.2 Å². The van der Waals surface area contributed by atoms with Gasteiger partial charge in [-0.1, -0.05) is 13.3 Å². The summed E-state index contributed by atoms with van der Waals surface area (Å²) in [6, 6.07) is 1.43. The second kappa shape index (κ2) is 7.57. The second-order valence-corrected chi connectivity index (χ2v) is 5.55. The van der Waals surface area contributed by atoms with Crippen molar-refractivity contribution in [1.29, 1.82) is 0 Å². The Hall–Kier alpha value is -1.54. The lowest BCUT2D eigenvalue weighted by Crippen LogP contribution is -2.27. The predicted molar refractivity (Wildman–Crippen MR) is 74.5 cm³/mol. The SMILES string of the molecule is CCCC1COC(c2cc(F)c(C(F)=CC(F)(F)F)c(F)c2)OC1. The molecule has 0 amide bonds. The summed E-state index contributed by atoms with van der Waals surface area (Å²) in [5.41, 5.74) is -1.42. The third-order valence-electron chi connectivity index (χ3n) is 3.53. The average Bonchev–Trinajstić information content (AvgIpc) is 2.45. The van der Waals surface area contributed by atoms with Crippen molar-refractivity contribution in [3.63, 3.8) is 0 Å². The molecule has 0 N–H and O–H groups in total. The molecule has 1 fully saturated rings. The van der Waals surface area contributed by atoms with E-state index in [1.807, 2.05) is 6.92 Å². The highest BCUT2D eigenvalue weighted by Gasteiger charge is 2.29. The van der Waals surface area contributed by atoms with E-state index in [2.05, 4.69) is 0 Å². The molecule has 1 saturated heterocycles. The third kappa shape index (κ3) is 4.73. The molecule has 0 aliphatic carbocycles. The number of allylic oxidation sites excluding steroid dienone is 1. The van der Waals surface area contributed by atoms with Crippen LogP contribution in [0.5, 0.6) is 0 Å². The van der Waals surface area contributed by atoms with Gasteiger partial charge in [-0.2, -0.15) is 13.2 Å². The standard InChI is InChI=1S/C16H16F6O2/c1-2-3-9-7-23-15(24-8-9)10-4-11(17)14(12(18)5-10)13(19)6-16(20,21)22/h4-6,9,15H,2-3,7-8H2,1H3. The second-order valence-electron chi connectivity index (χ2n) is 5.55. The Balaban J connectivity index is 2.20. The summed E-state index contributed by atoms with van der Waals surface area (Å²) in [6.45, 7) is 2.68. The van der Waals surface area contributed by atoms with E-state index in [-0.39, 0.29) is 11.5 Å². The summed E-state index contributed by atoms with van der Waals surface area (Å²) >= 11 is 0. The van der Waals surface area contributed by atoms with Crippen LogP contribution in [0.4, 0.5) is 26.3 Å². The summed E-state index contributed by atoms with van der Waals surface area (Å²) < 4.78 is 88.4. The zero-order chi connectivity index (χ0) is 17.9. The van der Waals surface area contributed by atoms with E-state index in [0.717, 1.165) is 12.8 Å². The van der Waals surface area contributed by atoms with Crippen LogP contribution < -0.4 is 0 Å². The molecule has 24 heavy (non-hydrogen) atoms. The highest BCUT2D eigenvalue weighted by atomic mass is 19.4. The minimum Gasteiger partial charge on any atom is -0.348 e.